The van der Waals surface area contributed by atoms with Gasteiger partial charge in [-0.3, -0.25) is 9.58 Å². The fourth-order valence-electron chi connectivity index (χ4n) is 3.08. The Balaban J connectivity index is 1.42. The maximum absolute atomic E-state index is 5.89. The van der Waals surface area contributed by atoms with Crippen molar-refractivity contribution in [3.8, 4) is 5.69 Å². The van der Waals surface area contributed by atoms with E-state index in [9.17, 15) is 0 Å². The molecule has 25 heavy (non-hydrogen) atoms. The largest absolute Gasteiger partial charge is 0.374 e. The highest BCUT2D eigenvalue weighted by Gasteiger charge is 2.23. The van der Waals surface area contributed by atoms with Crippen LogP contribution in [-0.4, -0.2) is 60.7 Å². The second kappa shape index (κ2) is 7.12. The van der Waals surface area contributed by atoms with E-state index in [-0.39, 0.29) is 6.10 Å². The van der Waals surface area contributed by atoms with Crippen LogP contribution in [0.4, 0.5) is 0 Å². The van der Waals surface area contributed by atoms with Crippen LogP contribution in [0.5, 0.6) is 0 Å². The number of tetrazole rings is 1. The monoisotopic (exact) mass is 339 g/mol. The SMILES string of the molecule is Cc1cnn(CC2CN(Cc3nnnn3-c3ccccc3)CCO2)c1. The van der Waals surface area contributed by atoms with Gasteiger partial charge in [-0.2, -0.15) is 9.78 Å². The van der Waals surface area contributed by atoms with E-state index in [4.69, 9.17) is 4.74 Å². The summed E-state index contributed by atoms with van der Waals surface area (Å²) in [5.41, 5.74) is 2.13. The van der Waals surface area contributed by atoms with Gasteiger partial charge in [0.15, 0.2) is 5.82 Å². The first-order valence-electron chi connectivity index (χ1n) is 8.43. The number of hydrogen-bond acceptors (Lipinski definition) is 6. The summed E-state index contributed by atoms with van der Waals surface area (Å²) < 4.78 is 9.63. The Kier molecular flexibility index (Phi) is 4.53. The molecule has 0 amide bonds. The molecule has 0 N–H and O–H groups in total. The highest BCUT2D eigenvalue weighted by molar-refractivity contribution is 5.30. The van der Waals surface area contributed by atoms with Gasteiger partial charge in [-0.1, -0.05) is 18.2 Å². The minimum Gasteiger partial charge on any atom is -0.374 e. The van der Waals surface area contributed by atoms with Gasteiger partial charge in [0, 0.05) is 19.3 Å². The van der Waals surface area contributed by atoms with Gasteiger partial charge in [0.2, 0.25) is 0 Å². The molecule has 2 aromatic heterocycles. The van der Waals surface area contributed by atoms with Gasteiger partial charge in [0.1, 0.15) is 0 Å². The summed E-state index contributed by atoms with van der Waals surface area (Å²) in [7, 11) is 0. The van der Waals surface area contributed by atoms with E-state index in [1.165, 1.54) is 0 Å². The third kappa shape index (κ3) is 3.75. The first kappa shape index (κ1) is 15.9. The molecule has 0 radical (unpaired) electrons. The zero-order valence-electron chi connectivity index (χ0n) is 14.2. The van der Waals surface area contributed by atoms with Crippen molar-refractivity contribution in [1.82, 2.24) is 34.9 Å². The van der Waals surface area contributed by atoms with Crippen molar-refractivity contribution in [3.63, 3.8) is 0 Å². The minimum atomic E-state index is 0.120. The standard InChI is InChI=1S/C17H21N7O/c1-14-9-18-23(10-14)12-16-11-22(7-8-25-16)13-17-19-20-21-24(17)15-5-3-2-4-6-15/h2-6,9-10,16H,7-8,11-13H2,1H3. The lowest BCUT2D eigenvalue weighted by Crippen LogP contribution is -2.44. The van der Waals surface area contributed by atoms with Gasteiger partial charge in [-0.25, -0.2) is 0 Å². The zero-order valence-corrected chi connectivity index (χ0v) is 14.2. The normalized spacial score (nSPS) is 18.5. The lowest BCUT2D eigenvalue weighted by Gasteiger charge is -2.32. The summed E-state index contributed by atoms with van der Waals surface area (Å²) >= 11 is 0. The third-order valence-electron chi connectivity index (χ3n) is 4.28. The van der Waals surface area contributed by atoms with Crippen molar-refractivity contribution >= 4 is 0 Å². The smallest absolute Gasteiger partial charge is 0.170 e. The summed E-state index contributed by atoms with van der Waals surface area (Å²) in [6, 6.07) is 9.95. The van der Waals surface area contributed by atoms with Crippen LogP contribution < -0.4 is 0 Å². The van der Waals surface area contributed by atoms with Crippen LogP contribution in [0.1, 0.15) is 11.4 Å². The first-order valence-corrected chi connectivity index (χ1v) is 8.43. The molecule has 0 spiro atoms. The van der Waals surface area contributed by atoms with Crippen LogP contribution in [0.25, 0.3) is 5.69 Å². The van der Waals surface area contributed by atoms with Gasteiger partial charge in [0.05, 0.1) is 37.7 Å². The molecule has 3 heterocycles. The highest BCUT2D eigenvalue weighted by Crippen LogP contribution is 2.13. The third-order valence-corrected chi connectivity index (χ3v) is 4.28. The topological polar surface area (TPSA) is 73.9 Å². The van der Waals surface area contributed by atoms with Gasteiger partial charge < -0.3 is 4.74 Å². The van der Waals surface area contributed by atoms with Crippen molar-refractivity contribution in [2.45, 2.75) is 26.1 Å². The molecule has 1 aliphatic heterocycles. The lowest BCUT2D eigenvalue weighted by atomic mass is 10.2. The minimum absolute atomic E-state index is 0.120. The Bertz CT molecular complexity index is 813. The van der Waals surface area contributed by atoms with Crippen LogP contribution in [0.3, 0.4) is 0 Å². The summed E-state index contributed by atoms with van der Waals surface area (Å²) in [6.45, 7) is 5.91. The highest BCUT2D eigenvalue weighted by atomic mass is 16.5. The zero-order chi connectivity index (χ0) is 17.1. The molecular formula is C17H21N7O. The molecule has 3 aromatic rings. The molecule has 8 nitrogen and oxygen atoms in total. The summed E-state index contributed by atoms with van der Waals surface area (Å²) in [4.78, 5) is 2.33. The fourth-order valence-corrected chi connectivity index (χ4v) is 3.08. The van der Waals surface area contributed by atoms with Crippen LogP contribution >= 0.6 is 0 Å². The van der Waals surface area contributed by atoms with Crippen molar-refractivity contribution in [2.75, 3.05) is 19.7 Å². The number of nitrogens with zero attached hydrogens (tertiary/aromatic N) is 7. The van der Waals surface area contributed by atoms with E-state index in [1.807, 2.05) is 54.3 Å². The van der Waals surface area contributed by atoms with Crippen molar-refractivity contribution < 1.29 is 4.74 Å². The van der Waals surface area contributed by atoms with Crippen LogP contribution in [0.2, 0.25) is 0 Å². The molecule has 1 fully saturated rings. The average Bonchev–Trinajstić information content (AvgIpc) is 3.25. The van der Waals surface area contributed by atoms with E-state index in [2.05, 4.69) is 25.5 Å². The quantitative estimate of drug-likeness (QED) is 0.692. The number of aromatic nitrogens is 6. The molecule has 1 aromatic carbocycles. The first-order chi connectivity index (χ1) is 12.3. The van der Waals surface area contributed by atoms with E-state index in [0.29, 0.717) is 13.2 Å². The molecule has 4 rings (SSSR count). The predicted octanol–water partition coefficient (Wildman–Crippen LogP) is 1.07. The average molecular weight is 339 g/mol. The van der Waals surface area contributed by atoms with Crippen LogP contribution in [0, 0.1) is 6.92 Å². The van der Waals surface area contributed by atoms with Crippen LogP contribution in [-0.2, 0) is 17.8 Å². The van der Waals surface area contributed by atoms with E-state index in [0.717, 1.165) is 36.7 Å². The van der Waals surface area contributed by atoms with E-state index >= 15 is 0 Å². The number of ether oxygens (including phenoxy) is 1. The summed E-state index contributed by atoms with van der Waals surface area (Å²) in [5.74, 6) is 0.835. The number of morpholine rings is 1. The Hall–Kier alpha value is -2.58. The number of para-hydroxylation sites is 1. The number of rotatable bonds is 5. The maximum Gasteiger partial charge on any atom is 0.170 e. The Morgan fingerprint density at radius 2 is 2.12 bits per heavy atom. The molecule has 130 valence electrons. The molecule has 8 heteroatoms. The number of aryl methyl sites for hydroxylation is 1. The molecular weight excluding hydrogens is 318 g/mol. The molecule has 1 aliphatic rings. The Morgan fingerprint density at radius 1 is 1.24 bits per heavy atom. The van der Waals surface area contributed by atoms with Gasteiger partial charge in [0.25, 0.3) is 0 Å². The number of benzene rings is 1. The van der Waals surface area contributed by atoms with Crippen molar-refractivity contribution in [1.29, 1.82) is 0 Å². The van der Waals surface area contributed by atoms with E-state index in [1.54, 1.807) is 4.68 Å². The van der Waals surface area contributed by atoms with Gasteiger partial charge in [-0.05, 0) is 35.0 Å². The molecule has 0 bridgehead atoms. The fraction of sp³-hybridized carbons (Fsp3) is 0.412. The number of hydrogen-bond donors (Lipinski definition) is 0. The molecule has 0 saturated carbocycles. The second-order valence-corrected chi connectivity index (χ2v) is 6.31. The molecule has 1 saturated heterocycles. The van der Waals surface area contributed by atoms with Crippen molar-refractivity contribution in [3.05, 3.63) is 54.1 Å². The molecule has 1 atom stereocenters. The second-order valence-electron chi connectivity index (χ2n) is 6.31. The van der Waals surface area contributed by atoms with Crippen molar-refractivity contribution in [2.24, 2.45) is 0 Å². The lowest BCUT2D eigenvalue weighted by molar-refractivity contribution is -0.0410. The van der Waals surface area contributed by atoms with Crippen LogP contribution in [0.15, 0.2) is 42.7 Å². The van der Waals surface area contributed by atoms with Gasteiger partial charge >= 0.3 is 0 Å². The Labute approximate surface area is 146 Å². The molecule has 0 aliphatic carbocycles. The summed E-state index contributed by atoms with van der Waals surface area (Å²) in [5, 5.41) is 16.5. The maximum atomic E-state index is 5.89. The summed E-state index contributed by atoms with van der Waals surface area (Å²) in [6.07, 6.45) is 4.03. The van der Waals surface area contributed by atoms with E-state index < -0.39 is 0 Å². The van der Waals surface area contributed by atoms with Gasteiger partial charge in [-0.15, -0.1) is 5.10 Å². The Morgan fingerprint density at radius 3 is 2.92 bits per heavy atom. The molecule has 1 unspecified atom stereocenters. The predicted molar refractivity (Wildman–Crippen MR) is 91.1 cm³/mol.